The summed E-state index contributed by atoms with van der Waals surface area (Å²) in [4.78, 5) is 0. The van der Waals surface area contributed by atoms with Gasteiger partial charge < -0.3 is 0 Å². The molecule has 0 aliphatic carbocycles. The van der Waals surface area contributed by atoms with Crippen molar-refractivity contribution >= 4 is 0 Å². The van der Waals surface area contributed by atoms with Crippen molar-refractivity contribution in [2.45, 2.75) is 41.0 Å². The predicted octanol–water partition coefficient (Wildman–Crippen LogP) is 4.41. The summed E-state index contributed by atoms with van der Waals surface area (Å²) in [6.07, 6.45) is 2.93. The van der Waals surface area contributed by atoms with Crippen molar-refractivity contribution in [1.29, 1.82) is 0 Å². The van der Waals surface area contributed by atoms with Gasteiger partial charge in [-0.05, 0) is 56.4 Å². The fourth-order valence-electron chi connectivity index (χ4n) is 1.14. The molecule has 0 radical (unpaired) electrons. The van der Waals surface area contributed by atoms with Crippen LogP contribution in [-0.2, 0) is 0 Å². The van der Waals surface area contributed by atoms with Crippen molar-refractivity contribution in [3.63, 3.8) is 0 Å². The van der Waals surface area contributed by atoms with Crippen molar-refractivity contribution in [1.82, 2.24) is 0 Å². The zero-order valence-corrected chi connectivity index (χ0v) is 9.49. The van der Waals surface area contributed by atoms with Crippen molar-refractivity contribution < 1.29 is 0 Å². The van der Waals surface area contributed by atoms with Gasteiger partial charge in [0.05, 0.1) is 0 Å². The van der Waals surface area contributed by atoms with Crippen molar-refractivity contribution in [2.75, 3.05) is 0 Å². The Morgan fingerprint density at radius 3 is 2.08 bits per heavy atom. The molecule has 0 unspecified atom stereocenters. The van der Waals surface area contributed by atoms with Crippen LogP contribution in [-0.4, -0.2) is 0 Å². The molecular formula is C13H20. The van der Waals surface area contributed by atoms with Crippen LogP contribution in [0.1, 0.15) is 41.0 Å². The van der Waals surface area contributed by atoms with Crippen molar-refractivity contribution in [3.8, 4) is 0 Å². The van der Waals surface area contributed by atoms with Crippen LogP contribution in [0, 0.1) is 0 Å². The van der Waals surface area contributed by atoms with Crippen LogP contribution >= 0.6 is 0 Å². The molecule has 0 aromatic rings. The first-order valence-corrected chi connectivity index (χ1v) is 4.76. The summed E-state index contributed by atoms with van der Waals surface area (Å²) in [7, 11) is 0. The lowest BCUT2D eigenvalue weighted by Gasteiger charge is -2.04. The van der Waals surface area contributed by atoms with E-state index in [0.717, 1.165) is 6.42 Å². The summed E-state index contributed by atoms with van der Waals surface area (Å²) >= 11 is 0. The molecule has 0 saturated heterocycles. The van der Waals surface area contributed by atoms with Gasteiger partial charge in [0.15, 0.2) is 0 Å². The van der Waals surface area contributed by atoms with Gasteiger partial charge in [-0.2, -0.15) is 0 Å². The first kappa shape index (κ1) is 12.0. The molecule has 0 spiro atoms. The van der Waals surface area contributed by atoms with Gasteiger partial charge in [0.25, 0.3) is 0 Å². The lowest BCUT2D eigenvalue weighted by molar-refractivity contribution is 1.09. The topological polar surface area (TPSA) is 0 Å². The molecule has 0 aromatic heterocycles. The lowest BCUT2D eigenvalue weighted by Crippen LogP contribution is -1.86. The Morgan fingerprint density at radius 1 is 1.23 bits per heavy atom. The molecule has 72 valence electrons. The van der Waals surface area contributed by atoms with Gasteiger partial charge in [-0.15, -0.1) is 5.73 Å². The second-order valence-corrected chi connectivity index (χ2v) is 3.47. The molecule has 0 rings (SSSR count). The zero-order valence-electron chi connectivity index (χ0n) is 9.49. The molecule has 0 N–H and O–H groups in total. The molecular weight excluding hydrogens is 156 g/mol. The maximum atomic E-state index is 3.77. The molecule has 0 aliphatic heterocycles. The maximum Gasteiger partial charge on any atom is -0.00320 e. The van der Waals surface area contributed by atoms with Crippen LogP contribution in [0.15, 0.2) is 40.7 Å². The van der Waals surface area contributed by atoms with E-state index in [2.05, 4.69) is 46.9 Å². The third-order valence-electron chi connectivity index (χ3n) is 2.10. The summed E-state index contributed by atoms with van der Waals surface area (Å²) in [5.41, 5.74) is 8.44. The molecule has 0 bridgehead atoms. The lowest BCUT2D eigenvalue weighted by atomic mass is 10.0. The average molecular weight is 176 g/mol. The molecule has 0 atom stereocenters. The monoisotopic (exact) mass is 176 g/mol. The fraction of sp³-hybridized carbons (Fsp3) is 0.462. The molecule has 0 aromatic carbocycles. The minimum atomic E-state index is 1.03. The molecule has 0 aliphatic rings. The summed E-state index contributed by atoms with van der Waals surface area (Å²) in [6.45, 7) is 14.3. The Balaban J connectivity index is 5.26. The highest BCUT2D eigenvalue weighted by Gasteiger charge is 1.98. The number of allylic oxidation sites excluding steroid dienone is 4. The highest BCUT2D eigenvalue weighted by molar-refractivity contribution is 5.36. The number of hydrogen-bond donors (Lipinski definition) is 0. The van der Waals surface area contributed by atoms with E-state index in [9.17, 15) is 0 Å². The van der Waals surface area contributed by atoms with Crippen LogP contribution in [0.4, 0.5) is 0 Å². The Morgan fingerprint density at radius 2 is 1.77 bits per heavy atom. The number of rotatable bonds is 3. The SMILES string of the molecule is C=CC(C)=C(C)C(=C=C(C)C)CC. The quantitative estimate of drug-likeness (QED) is 0.441. The van der Waals surface area contributed by atoms with E-state index in [0.29, 0.717) is 0 Å². The van der Waals surface area contributed by atoms with E-state index >= 15 is 0 Å². The Bertz CT molecular complexity index is 277. The van der Waals surface area contributed by atoms with E-state index in [1.807, 2.05) is 6.08 Å². The largest absolute Gasteiger partial charge is 0.119 e. The molecule has 0 heterocycles. The van der Waals surface area contributed by atoms with Crippen LogP contribution in [0.5, 0.6) is 0 Å². The van der Waals surface area contributed by atoms with Crippen LogP contribution < -0.4 is 0 Å². The molecule has 13 heavy (non-hydrogen) atoms. The van der Waals surface area contributed by atoms with Gasteiger partial charge in [-0.3, -0.25) is 0 Å². The second-order valence-electron chi connectivity index (χ2n) is 3.47. The predicted molar refractivity (Wildman–Crippen MR) is 60.7 cm³/mol. The highest BCUT2D eigenvalue weighted by atomic mass is 14.0. The Labute approximate surface area is 82.4 Å². The third-order valence-corrected chi connectivity index (χ3v) is 2.10. The van der Waals surface area contributed by atoms with Crippen LogP contribution in [0.25, 0.3) is 0 Å². The highest BCUT2D eigenvalue weighted by Crippen LogP contribution is 2.17. The van der Waals surface area contributed by atoms with Gasteiger partial charge in [0.2, 0.25) is 0 Å². The maximum absolute atomic E-state index is 3.77. The van der Waals surface area contributed by atoms with Gasteiger partial charge in [0, 0.05) is 0 Å². The molecule has 0 fully saturated rings. The van der Waals surface area contributed by atoms with Gasteiger partial charge in [0.1, 0.15) is 0 Å². The van der Waals surface area contributed by atoms with E-state index in [1.165, 1.54) is 22.3 Å². The minimum Gasteiger partial charge on any atom is -0.119 e. The summed E-state index contributed by atoms with van der Waals surface area (Å²) in [6, 6.07) is 0. The molecule has 0 amide bonds. The fourth-order valence-corrected chi connectivity index (χ4v) is 1.14. The number of hydrogen-bond acceptors (Lipinski definition) is 0. The summed E-state index contributed by atoms with van der Waals surface area (Å²) < 4.78 is 0. The molecule has 0 saturated carbocycles. The Kier molecular flexibility index (Phi) is 5.18. The van der Waals surface area contributed by atoms with E-state index in [1.54, 1.807) is 0 Å². The van der Waals surface area contributed by atoms with E-state index in [-0.39, 0.29) is 0 Å². The van der Waals surface area contributed by atoms with Gasteiger partial charge >= 0.3 is 0 Å². The van der Waals surface area contributed by atoms with Crippen molar-refractivity contribution in [3.05, 3.63) is 40.7 Å². The normalized spacial score (nSPS) is 11.5. The van der Waals surface area contributed by atoms with Gasteiger partial charge in [-0.25, -0.2) is 0 Å². The first-order valence-electron chi connectivity index (χ1n) is 4.76. The summed E-state index contributed by atoms with van der Waals surface area (Å²) in [5.74, 6) is 0. The molecule has 0 heteroatoms. The Hall–Kier alpha value is -1.00. The minimum absolute atomic E-state index is 1.03. The van der Waals surface area contributed by atoms with Crippen LogP contribution in [0.3, 0.4) is 0 Å². The van der Waals surface area contributed by atoms with E-state index < -0.39 is 0 Å². The third kappa shape index (κ3) is 3.96. The van der Waals surface area contributed by atoms with Gasteiger partial charge in [-0.1, -0.05) is 19.6 Å². The van der Waals surface area contributed by atoms with Crippen LogP contribution in [0.2, 0.25) is 0 Å². The second kappa shape index (κ2) is 5.61. The van der Waals surface area contributed by atoms with Crippen molar-refractivity contribution in [2.24, 2.45) is 0 Å². The first-order chi connectivity index (χ1) is 6.02. The average Bonchev–Trinajstić information content (AvgIpc) is 2.11. The zero-order chi connectivity index (χ0) is 10.4. The summed E-state index contributed by atoms with van der Waals surface area (Å²) in [5, 5.41) is 0. The smallest absolute Gasteiger partial charge is 0.00320 e. The molecule has 0 nitrogen and oxygen atoms in total. The standard InChI is InChI=1S/C13H20/c1-7-11(5)12(6)13(8-2)9-10(3)4/h7H,1,8H2,2-6H3. The van der Waals surface area contributed by atoms with E-state index in [4.69, 9.17) is 0 Å².